The summed E-state index contributed by atoms with van der Waals surface area (Å²) < 4.78 is 12.0. The zero-order valence-electron chi connectivity index (χ0n) is 12.2. The second kappa shape index (κ2) is 5.50. The average molecular weight is 265 g/mol. The van der Waals surface area contributed by atoms with Crippen LogP contribution in [0.5, 0.6) is 0 Å². The Balaban J connectivity index is 2.22. The quantitative estimate of drug-likeness (QED) is 0.775. The molecule has 2 rings (SSSR count). The third-order valence-corrected chi connectivity index (χ3v) is 3.31. The summed E-state index contributed by atoms with van der Waals surface area (Å²) in [6.45, 7) is 11.0. The third kappa shape index (κ3) is 2.67. The highest BCUT2D eigenvalue weighted by Gasteiger charge is 2.27. The fraction of sp³-hybridized carbons (Fsp3) is 0.692. The van der Waals surface area contributed by atoms with E-state index in [1.165, 1.54) is 0 Å². The van der Waals surface area contributed by atoms with Crippen LogP contribution >= 0.6 is 0 Å². The molecule has 6 heteroatoms. The van der Waals surface area contributed by atoms with Gasteiger partial charge in [-0.15, -0.1) is 0 Å². The van der Waals surface area contributed by atoms with Crippen molar-refractivity contribution in [2.45, 2.75) is 59.4 Å². The van der Waals surface area contributed by atoms with Crippen molar-refractivity contribution in [3.63, 3.8) is 0 Å². The summed E-state index contributed by atoms with van der Waals surface area (Å²) in [6.07, 6.45) is 0.903. The largest absolute Gasteiger partial charge is 0.248 e. The summed E-state index contributed by atoms with van der Waals surface area (Å²) in [5.74, 6) is 0.542. The maximum Gasteiger partial charge on any atom is 0.248 e. The lowest BCUT2D eigenvalue weighted by molar-refractivity contribution is -0.878. The minimum absolute atomic E-state index is 0.175. The standard InChI is InChI=1S/C13H21N4O2/c1-6-11-12(8(2)3)16-19-17(11)7-9(4)13-10(5)14-18-15-13/h8-9H,6-7H2,1-5H3/q+1. The fourth-order valence-electron chi connectivity index (χ4n) is 2.28. The first-order chi connectivity index (χ1) is 9.04. The van der Waals surface area contributed by atoms with Crippen LogP contribution in [0.25, 0.3) is 0 Å². The molecule has 0 aliphatic carbocycles. The smallest absolute Gasteiger partial charge is 0.244 e. The van der Waals surface area contributed by atoms with Gasteiger partial charge in [0.2, 0.25) is 5.69 Å². The van der Waals surface area contributed by atoms with E-state index in [0.717, 1.165) is 29.2 Å². The van der Waals surface area contributed by atoms with Crippen molar-refractivity contribution < 1.29 is 14.0 Å². The lowest BCUT2D eigenvalue weighted by Gasteiger charge is -2.04. The minimum atomic E-state index is 0.175. The maximum atomic E-state index is 5.44. The molecule has 0 aromatic carbocycles. The van der Waals surface area contributed by atoms with Crippen molar-refractivity contribution in [3.05, 3.63) is 22.8 Å². The molecule has 104 valence electrons. The van der Waals surface area contributed by atoms with Gasteiger partial charge in [-0.3, -0.25) is 0 Å². The Morgan fingerprint density at radius 3 is 2.37 bits per heavy atom. The van der Waals surface area contributed by atoms with Gasteiger partial charge in [0.05, 0.1) is 0 Å². The van der Waals surface area contributed by atoms with Gasteiger partial charge in [-0.2, -0.15) is 0 Å². The van der Waals surface area contributed by atoms with Crippen LogP contribution in [0.3, 0.4) is 0 Å². The molecule has 1 unspecified atom stereocenters. The SMILES string of the molecule is CCc1c(C(C)C)no[n+]1CC(C)c1nonc1C. The fourth-order valence-corrected chi connectivity index (χ4v) is 2.28. The molecule has 0 N–H and O–H groups in total. The molecule has 2 aromatic rings. The first kappa shape index (κ1) is 13.7. The summed E-state index contributed by atoms with van der Waals surface area (Å²) in [6, 6.07) is 0. The van der Waals surface area contributed by atoms with Gasteiger partial charge in [-0.25, -0.2) is 4.63 Å². The molecule has 19 heavy (non-hydrogen) atoms. The van der Waals surface area contributed by atoms with E-state index >= 15 is 0 Å². The Morgan fingerprint density at radius 2 is 1.84 bits per heavy atom. The van der Waals surface area contributed by atoms with E-state index in [4.69, 9.17) is 9.26 Å². The predicted molar refractivity (Wildman–Crippen MR) is 67.6 cm³/mol. The lowest BCUT2D eigenvalue weighted by Crippen LogP contribution is -2.38. The van der Waals surface area contributed by atoms with Gasteiger partial charge in [0.25, 0.3) is 0 Å². The Labute approximate surface area is 112 Å². The van der Waals surface area contributed by atoms with E-state index in [0.29, 0.717) is 12.5 Å². The molecule has 0 bridgehead atoms. The van der Waals surface area contributed by atoms with E-state index in [1.807, 2.05) is 11.7 Å². The summed E-state index contributed by atoms with van der Waals surface area (Å²) in [5.41, 5.74) is 3.88. The van der Waals surface area contributed by atoms with Gasteiger partial charge >= 0.3 is 0 Å². The van der Waals surface area contributed by atoms with Crippen molar-refractivity contribution in [1.82, 2.24) is 15.5 Å². The first-order valence-corrected chi connectivity index (χ1v) is 6.72. The van der Waals surface area contributed by atoms with Crippen LogP contribution < -0.4 is 4.74 Å². The van der Waals surface area contributed by atoms with Gasteiger partial charge in [-0.05, 0) is 6.92 Å². The highest BCUT2D eigenvalue weighted by molar-refractivity contribution is 5.10. The van der Waals surface area contributed by atoms with Crippen molar-refractivity contribution in [3.8, 4) is 0 Å². The maximum absolute atomic E-state index is 5.44. The molecule has 2 heterocycles. The third-order valence-electron chi connectivity index (χ3n) is 3.31. The molecule has 0 saturated carbocycles. The molecular formula is C13H21N4O2+. The molecule has 0 aliphatic heterocycles. The molecule has 1 atom stereocenters. The zero-order chi connectivity index (χ0) is 14.0. The number of nitrogens with zero attached hydrogens (tertiary/aromatic N) is 4. The van der Waals surface area contributed by atoms with Crippen molar-refractivity contribution in [2.24, 2.45) is 0 Å². The van der Waals surface area contributed by atoms with Crippen LogP contribution in [0.15, 0.2) is 9.26 Å². The van der Waals surface area contributed by atoms with Gasteiger partial charge < -0.3 is 0 Å². The van der Waals surface area contributed by atoms with E-state index in [9.17, 15) is 0 Å². The minimum Gasteiger partial charge on any atom is -0.244 e. The highest BCUT2D eigenvalue weighted by Crippen LogP contribution is 2.18. The van der Waals surface area contributed by atoms with Crippen LogP contribution in [0.4, 0.5) is 0 Å². The molecular weight excluding hydrogens is 244 g/mol. The van der Waals surface area contributed by atoms with Crippen LogP contribution in [-0.4, -0.2) is 15.5 Å². The van der Waals surface area contributed by atoms with Crippen LogP contribution in [0, 0.1) is 6.92 Å². The predicted octanol–water partition coefficient (Wildman–Crippen LogP) is 2.14. The normalized spacial score (nSPS) is 13.2. The number of rotatable bonds is 5. The summed E-state index contributed by atoms with van der Waals surface area (Å²) in [5, 5.41) is 11.9. The van der Waals surface area contributed by atoms with Crippen LogP contribution in [0.2, 0.25) is 0 Å². The van der Waals surface area contributed by atoms with Crippen LogP contribution in [0.1, 0.15) is 62.3 Å². The van der Waals surface area contributed by atoms with E-state index in [-0.39, 0.29) is 5.92 Å². The number of hydrogen-bond donors (Lipinski definition) is 0. The summed E-state index contributed by atoms with van der Waals surface area (Å²) >= 11 is 0. The first-order valence-electron chi connectivity index (χ1n) is 6.72. The molecule has 0 spiro atoms. The monoisotopic (exact) mass is 265 g/mol. The Morgan fingerprint density at radius 1 is 1.11 bits per heavy atom. The van der Waals surface area contributed by atoms with Gasteiger partial charge in [0, 0.05) is 18.3 Å². The lowest BCUT2D eigenvalue weighted by atomic mass is 10.0. The average Bonchev–Trinajstić information content (AvgIpc) is 2.94. The molecule has 0 amide bonds. The molecule has 6 nitrogen and oxygen atoms in total. The molecule has 0 saturated heterocycles. The second-order valence-electron chi connectivity index (χ2n) is 5.21. The number of aromatic nitrogens is 4. The summed E-state index contributed by atoms with van der Waals surface area (Å²) in [4.78, 5) is 0. The highest BCUT2D eigenvalue weighted by atomic mass is 16.6. The Kier molecular flexibility index (Phi) is 3.97. The van der Waals surface area contributed by atoms with E-state index in [1.54, 1.807) is 0 Å². The van der Waals surface area contributed by atoms with Crippen molar-refractivity contribution >= 4 is 0 Å². The van der Waals surface area contributed by atoms with E-state index in [2.05, 4.69) is 43.2 Å². The van der Waals surface area contributed by atoms with Gasteiger partial charge in [-0.1, -0.05) is 47.4 Å². The Bertz CT molecular complexity index is 545. The van der Waals surface area contributed by atoms with Gasteiger partial charge in [0.1, 0.15) is 17.9 Å². The summed E-state index contributed by atoms with van der Waals surface area (Å²) in [7, 11) is 0. The topological polar surface area (TPSA) is 68.8 Å². The zero-order valence-corrected chi connectivity index (χ0v) is 12.2. The number of hydrogen-bond acceptors (Lipinski definition) is 5. The molecule has 2 aromatic heterocycles. The van der Waals surface area contributed by atoms with Crippen LogP contribution in [-0.2, 0) is 13.0 Å². The molecule has 0 fully saturated rings. The molecule has 0 aliphatic rings. The number of aryl methyl sites for hydroxylation is 1. The van der Waals surface area contributed by atoms with Crippen molar-refractivity contribution in [2.75, 3.05) is 0 Å². The molecule has 0 radical (unpaired) electrons. The second-order valence-corrected chi connectivity index (χ2v) is 5.21. The Hall–Kier alpha value is -1.72. The van der Waals surface area contributed by atoms with Crippen molar-refractivity contribution in [1.29, 1.82) is 0 Å². The van der Waals surface area contributed by atoms with E-state index < -0.39 is 0 Å². The van der Waals surface area contributed by atoms with Gasteiger partial charge in [0.15, 0.2) is 10.9 Å².